The van der Waals surface area contributed by atoms with Crippen molar-refractivity contribution in [2.24, 2.45) is 34.5 Å². The average Bonchev–Trinajstić information content (AvgIpc) is 3.03. The van der Waals surface area contributed by atoms with Crippen molar-refractivity contribution in [1.29, 1.82) is 0 Å². The Kier molecular flexibility index (Phi) is 5.63. The third-order valence-corrected chi connectivity index (χ3v) is 9.18. The maximum Gasteiger partial charge on any atom is 0.306 e. The topological polar surface area (TPSA) is 101 Å². The molecular weight excluding hydrogens is 396 g/mol. The van der Waals surface area contributed by atoms with E-state index in [1.54, 1.807) is 6.92 Å². The Morgan fingerprint density at radius 1 is 1.13 bits per heavy atom. The fraction of sp³-hybridized carbons (Fsp3) is 0.760. The molecule has 3 saturated carbocycles. The highest BCUT2D eigenvalue weighted by Gasteiger charge is 2.63. The minimum Gasteiger partial charge on any atom is -0.550 e. The Balaban J connectivity index is 1.70. The molecule has 0 aromatic heterocycles. The van der Waals surface area contributed by atoms with Crippen molar-refractivity contribution in [3.05, 3.63) is 11.6 Å². The van der Waals surface area contributed by atoms with Crippen LogP contribution in [0, 0.1) is 34.5 Å². The Morgan fingerprint density at radius 3 is 2.55 bits per heavy atom. The molecule has 0 aromatic rings. The zero-order valence-corrected chi connectivity index (χ0v) is 18.8. The number of allylic oxidation sites excluding steroid dienone is 1. The van der Waals surface area contributed by atoms with Crippen molar-refractivity contribution in [3.8, 4) is 0 Å². The quantitative estimate of drug-likeness (QED) is 0.623. The smallest absolute Gasteiger partial charge is 0.306 e. The van der Waals surface area contributed by atoms with Gasteiger partial charge in [0, 0.05) is 24.2 Å². The van der Waals surface area contributed by atoms with Crippen molar-refractivity contribution < 1.29 is 29.0 Å². The largest absolute Gasteiger partial charge is 0.550 e. The lowest BCUT2D eigenvalue weighted by Crippen LogP contribution is -2.58. The van der Waals surface area contributed by atoms with Crippen LogP contribution >= 0.6 is 0 Å². The highest BCUT2D eigenvalue weighted by Crippen LogP contribution is 2.67. The molecule has 4 aliphatic carbocycles. The maximum atomic E-state index is 12.6. The van der Waals surface area contributed by atoms with Gasteiger partial charge >= 0.3 is 5.97 Å². The van der Waals surface area contributed by atoms with Gasteiger partial charge in [0.05, 0.1) is 6.42 Å². The summed E-state index contributed by atoms with van der Waals surface area (Å²) in [5.41, 5.74) is 0.755. The molecule has 3 fully saturated rings. The van der Waals surface area contributed by atoms with Crippen molar-refractivity contribution >= 4 is 23.5 Å². The second kappa shape index (κ2) is 7.86. The van der Waals surface area contributed by atoms with E-state index in [4.69, 9.17) is 4.74 Å². The van der Waals surface area contributed by atoms with Gasteiger partial charge in [-0.05, 0) is 80.6 Å². The number of hydrogen-bond acceptors (Lipinski definition) is 6. The van der Waals surface area contributed by atoms with Crippen LogP contribution in [0.3, 0.4) is 0 Å². The third-order valence-electron chi connectivity index (χ3n) is 9.18. The number of carbonyl (C=O) groups is 4. The van der Waals surface area contributed by atoms with E-state index in [9.17, 15) is 24.3 Å². The Hall–Kier alpha value is -1.98. The second-order valence-electron chi connectivity index (χ2n) is 10.7. The number of carboxylic acids is 1. The molecule has 170 valence electrons. The molecular formula is C25H33O6-. The number of rotatable bonds is 5. The molecule has 0 aromatic carbocycles. The van der Waals surface area contributed by atoms with Crippen LogP contribution in [0.4, 0.5) is 0 Å². The molecule has 0 amide bonds. The Morgan fingerprint density at radius 2 is 1.87 bits per heavy atom. The van der Waals surface area contributed by atoms with Gasteiger partial charge in [-0.3, -0.25) is 14.4 Å². The highest BCUT2D eigenvalue weighted by atomic mass is 16.5. The van der Waals surface area contributed by atoms with Crippen LogP contribution in [0.15, 0.2) is 11.6 Å². The molecule has 0 unspecified atom stereocenters. The molecule has 0 aliphatic heterocycles. The summed E-state index contributed by atoms with van der Waals surface area (Å²) in [6, 6.07) is 0. The molecule has 7 atom stereocenters. The number of aliphatic carboxylic acids is 1. The minimum absolute atomic E-state index is 0.0273. The number of esters is 1. The first-order valence-electron chi connectivity index (χ1n) is 11.7. The molecule has 6 nitrogen and oxygen atoms in total. The van der Waals surface area contributed by atoms with Gasteiger partial charge in [-0.1, -0.05) is 19.4 Å². The lowest BCUT2D eigenvalue weighted by Gasteiger charge is -2.60. The third kappa shape index (κ3) is 3.66. The summed E-state index contributed by atoms with van der Waals surface area (Å²) in [6.07, 6.45) is 6.48. The van der Waals surface area contributed by atoms with Crippen molar-refractivity contribution in [2.45, 2.75) is 84.7 Å². The first-order chi connectivity index (χ1) is 14.6. The van der Waals surface area contributed by atoms with E-state index in [0.717, 1.165) is 32.1 Å². The maximum absolute atomic E-state index is 12.6. The molecule has 0 heterocycles. The van der Waals surface area contributed by atoms with Crippen molar-refractivity contribution in [3.63, 3.8) is 0 Å². The van der Waals surface area contributed by atoms with Crippen molar-refractivity contribution in [2.75, 3.05) is 0 Å². The number of Topliss-reactive ketones (excluding diaryl/α,β-unsaturated/α-hetero) is 1. The van der Waals surface area contributed by atoms with Gasteiger partial charge in [0.15, 0.2) is 5.78 Å². The predicted octanol–water partition coefficient (Wildman–Crippen LogP) is 2.78. The van der Waals surface area contributed by atoms with Crippen LogP contribution in [0.5, 0.6) is 0 Å². The van der Waals surface area contributed by atoms with Gasteiger partial charge in [-0.25, -0.2) is 0 Å². The SMILES string of the molecule is CC(=O)[C@@H]1CC[C@H]2[C@@H]3CCC4=CC(=O)CC[C@]4(C)[C@@H]3[C@H](OC(=O)CCC(=O)[O-])C[C@]12C. The fourth-order valence-corrected chi connectivity index (χ4v) is 7.86. The predicted molar refractivity (Wildman–Crippen MR) is 110 cm³/mol. The van der Waals surface area contributed by atoms with Gasteiger partial charge < -0.3 is 14.6 Å². The molecule has 4 aliphatic rings. The molecule has 0 radical (unpaired) electrons. The van der Waals surface area contributed by atoms with Crippen LogP contribution in [0.25, 0.3) is 0 Å². The number of carboxylic acid groups (broad SMARTS) is 1. The number of ketones is 2. The van der Waals surface area contributed by atoms with E-state index < -0.39 is 11.9 Å². The van der Waals surface area contributed by atoms with E-state index in [-0.39, 0.29) is 53.2 Å². The zero-order valence-electron chi connectivity index (χ0n) is 18.8. The van der Waals surface area contributed by atoms with Crippen molar-refractivity contribution in [1.82, 2.24) is 0 Å². The van der Waals surface area contributed by atoms with Crippen LogP contribution in [0.2, 0.25) is 0 Å². The van der Waals surface area contributed by atoms with Crippen LogP contribution in [-0.4, -0.2) is 29.6 Å². The molecule has 0 N–H and O–H groups in total. The molecule has 0 bridgehead atoms. The van der Waals surface area contributed by atoms with E-state index in [2.05, 4.69) is 13.8 Å². The Bertz CT molecular complexity index is 843. The van der Waals surface area contributed by atoms with E-state index in [0.29, 0.717) is 24.7 Å². The average molecular weight is 430 g/mol. The fourth-order valence-electron chi connectivity index (χ4n) is 7.86. The summed E-state index contributed by atoms with van der Waals surface area (Å²) in [6.45, 7) is 6.07. The van der Waals surface area contributed by atoms with Crippen LogP contribution in [0.1, 0.15) is 78.6 Å². The monoisotopic (exact) mass is 429 g/mol. The molecule has 6 heteroatoms. The van der Waals surface area contributed by atoms with Gasteiger partial charge in [-0.2, -0.15) is 0 Å². The first-order valence-corrected chi connectivity index (χ1v) is 11.7. The summed E-state index contributed by atoms with van der Waals surface area (Å²) in [5, 5.41) is 10.8. The summed E-state index contributed by atoms with van der Waals surface area (Å²) >= 11 is 0. The van der Waals surface area contributed by atoms with Crippen LogP contribution in [-0.2, 0) is 23.9 Å². The summed E-state index contributed by atoms with van der Waals surface area (Å²) in [5.74, 6) is -0.602. The number of hydrogen-bond donors (Lipinski definition) is 0. The van der Waals surface area contributed by atoms with E-state index in [1.165, 1.54) is 5.57 Å². The van der Waals surface area contributed by atoms with Gasteiger partial charge in [-0.15, -0.1) is 0 Å². The summed E-state index contributed by atoms with van der Waals surface area (Å²) in [7, 11) is 0. The zero-order chi connectivity index (χ0) is 22.6. The van der Waals surface area contributed by atoms with E-state index >= 15 is 0 Å². The molecule has 0 spiro atoms. The Labute approximate surface area is 183 Å². The summed E-state index contributed by atoms with van der Waals surface area (Å²) in [4.78, 5) is 48.0. The summed E-state index contributed by atoms with van der Waals surface area (Å²) < 4.78 is 6.00. The standard InChI is InChI=1S/C25H34O6/c1-14(26)18-6-7-19-17-5-4-15-12-16(27)10-11-24(15,2)23(17)20(13-25(18,19)3)31-22(30)9-8-21(28)29/h12,17-20,23H,4-11,13H2,1-3H3,(H,28,29)/p-1/t17-,18-,19-,20+,23-,24-,25+/m0/s1. The number of ether oxygens (including phenoxy) is 1. The lowest BCUT2D eigenvalue weighted by atomic mass is 9.46. The molecule has 4 rings (SSSR count). The highest BCUT2D eigenvalue weighted by molar-refractivity contribution is 5.91. The molecule has 0 saturated heterocycles. The van der Waals surface area contributed by atoms with Gasteiger partial charge in [0.25, 0.3) is 0 Å². The van der Waals surface area contributed by atoms with Gasteiger partial charge in [0.2, 0.25) is 0 Å². The second-order valence-corrected chi connectivity index (χ2v) is 10.7. The lowest BCUT2D eigenvalue weighted by molar-refractivity contribution is -0.305. The normalized spacial score (nSPS) is 41.5. The number of carbonyl (C=O) groups excluding carboxylic acids is 4. The minimum atomic E-state index is -1.27. The van der Waals surface area contributed by atoms with Gasteiger partial charge in [0.1, 0.15) is 11.9 Å². The number of fused-ring (bicyclic) bond motifs is 5. The van der Waals surface area contributed by atoms with E-state index in [1.807, 2.05) is 6.08 Å². The first kappa shape index (κ1) is 22.2. The van der Waals surface area contributed by atoms with Crippen LogP contribution < -0.4 is 5.11 Å². The molecule has 31 heavy (non-hydrogen) atoms.